The van der Waals surface area contributed by atoms with Gasteiger partial charge in [0.15, 0.2) is 14.7 Å². The topological polar surface area (TPSA) is 101 Å². The van der Waals surface area contributed by atoms with E-state index in [1.54, 1.807) is 0 Å². The van der Waals surface area contributed by atoms with Crippen LogP contribution in [0.1, 0.15) is 38.5 Å². The Morgan fingerprint density at radius 3 is 2.17 bits per heavy atom. The molecule has 2 aliphatic rings. The lowest BCUT2D eigenvalue weighted by atomic mass is 10.0. The van der Waals surface area contributed by atoms with Crippen molar-refractivity contribution in [2.24, 2.45) is 0 Å². The Hall–Kier alpha value is -1.59. The van der Waals surface area contributed by atoms with E-state index in [1.807, 2.05) is 4.72 Å². The van der Waals surface area contributed by atoms with E-state index in [9.17, 15) is 30.4 Å². The molecule has 0 radical (unpaired) electrons. The van der Waals surface area contributed by atoms with Crippen molar-refractivity contribution in [2.75, 3.05) is 19.6 Å². The number of nitrogens with one attached hydrogen (secondary N) is 1. The summed E-state index contributed by atoms with van der Waals surface area (Å²) in [4.78, 5) is 12.5. The molecule has 1 aliphatic carbocycles. The maximum absolute atomic E-state index is 13.6. The van der Waals surface area contributed by atoms with Gasteiger partial charge >= 0.3 is 0 Å². The molecule has 1 amide bonds. The van der Waals surface area contributed by atoms with Gasteiger partial charge in [0.1, 0.15) is 11.6 Å². The Morgan fingerprint density at radius 2 is 1.59 bits per heavy atom. The molecule has 1 aromatic carbocycles. The van der Waals surface area contributed by atoms with Gasteiger partial charge in [0, 0.05) is 26.1 Å². The molecule has 2 fully saturated rings. The molecule has 0 atom stereocenters. The summed E-state index contributed by atoms with van der Waals surface area (Å²) in [7, 11) is -7.72. The van der Waals surface area contributed by atoms with Crippen molar-refractivity contribution in [1.29, 1.82) is 0 Å². The van der Waals surface area contributed by atoms with Gasteiger partial charge in [0.2, 0.25) is 15.9 Å². The third kappa shape index (κ3) is 4.77. The predicted molar refractivity (Wildman–Crippen MR) is 102 cm³/mol. The van der Waals surface area contributed by atoms with Crippen molar-refractivity contribution in [1.82, 2.24) is 9.62 Å². The van der Waals surface area contributed by atoms with Crippen LogP contribution in [0.25, 0.3) is 0 Å². The van der Waals surface area contributed by atoms with Crippen molar-refractivity contribution < 1.29 is 30.4 Å². The molecule has 0 bridgehead atoms. The van der Waals surface area contributed by atoms with Crippen molar-refractivity contribution in [3.8, 4) is 0 Å². The van der Waals surface area contributed by atoms with Gasteiger partial charge in [-0.2, -0.15) is 0 Å². The summed E-state index contributed by atoms with van der Waals surface area (Å²) in [5, 5.41) is -0.903. The smallest absolute Gasteiger partial charge is 0.246 e. The number of sulfonamides is 1. The first-order valence-corrected chi connectivity index (χ1v) is 12.7. The Morgan fingerprint density at radius 1 is 1.00 bits per heavy atom. The molecule has 162 valence electrons. The highest BCUT2D eigenvalue weighted by Gasteiger charge is 2.43. The van der Waals surface area contributed by atoms with Crippen LogP contribution in [0.3, 0.4) is 0 Å². The van der Waals surface area contributed by atoms with Crippen LogP contribution in [-0.4, -0.2) is 57.8 Å². The number of amides is 1. The van der Waals surface area contributed by atoms with E-state index >= 15 is 0 Å². The largest absolute Gasteiger partial charge is 0.340 e. The Bertz CT molecular complexity index is 950. The average Bonchev–Trinajstić information content (AvgIpc) is 2.60. The van der Waals surface area contributed by atoms with E-state index in [0.717, 1.165) is 37.5 Å². The molecule has 29 heavy (non-hydrogen) atoms. The minimum atomic E-state index is -4.45. The zero-order valence-electron chi connectivity index (χ0n) is 15.8. The number of hydrogen-bond acceptors (Lipinski definition) is 5. The van der Waals surface area contributed by atoms with Crippen LogP contribution in [0.4, 0.5) is 8.78 Å². The number of likely N-dealkylation sites (tertiary alicyclic amines) is 1. The third-order valence-corrected chi connectivity index (χ3v) is 9.64. The fourth-order valence-electron chi connectivity index (χ4n) is 3.78. The van der Waals surface area contributed by atoms with Gasteiger partial charge in [-0.25, -0.2) is 30.3 Å². The van der Waals surface area contributed by atoms with Crippen LogP contribution in [-0.2, 0) is 24.7 Å². The van der Waals surface area contributed by atoms with Crippen LogP contribution < -0.4 is 4.72 Å². The molecule has 0 unspecified atom stereocenters. The van der Waals surface area contributed by atoms with E-state index < -0.39 is 47.5 Å². The Labute approximate surface area is 169 Å². The lowest BCUT2D eigenvalue weighted by Crippen LogP contribution is -2.59. The summed E-state index contributed by atoms with van der Waals surface area (Å²) in [5.41, 5.74) is 0. The number of benzene rings is 1. The first-order valence-electron chi connectivity index (χ1n) is 9.57. The summed E-state index contributed by atoms with van der Waals surface area (Å²) in [6.07, 6.45) is 3.96. The van der Waals surface area contributed by atoms with Crippen molar-refractivity contribution >= 4 is 25.8 Å². The fourth-order valence-corrected chi connectivity index (χ4v) is 7.25. The highest BCUT2D eigenvalue weighted by molar-refractivity contribution is 7.92. The maximum Gasteiger partial charge on any atom is 0.246 e. The molecule has 0 spiro atoms. The highest BCUT2D eigenvalue weighted by Crippen LogP contribution is 2.30. The van der Waals surface area contributed by atoms with Crippen LogP contribution >= 0.6 is 0 Å². The maximum atomic E-state index is 13.6. The Kier molecular flexibility index (Phi) is 6.59. The lowest BCUT2D eigenvalue weighted by Gasteiger charge is -2.41. The molecule has 3 rings (SSSR count). The van der Waals surface area contributed by atoms with Crippen LogP contribution in [0.5, 0.6) is 0 Å². The molecule has 11 heteroatoms. The van der Waals surface area contributed by atoms with Gasteiger partial charge in [-0.3, -0.25) is 4.79 Å². The number of hydrogen-bond donors (Lipinski definition) is 1. The highest BCUT2D eigenvalue weighted by atomic mass is 32.2. The second-order valence-electron chi connectivity index (χ2n) is 7.47. The molecule has 1 heterocycles. The van der Waals surface area contributed by atoms with Crippen molar-refractivity contribution in [2.45, 2.75) is 53.9 Å². The quantitative estimate of drug-likeness (QED) is 0.680. The number of halogens is 2. The van der Waals surface area contributed by atoms with Gasteiger partial charge in [0.25, 0.3) is 0 Å². The van der Waals surface area contributed by atoms with E-state index in [-0.39, 0.29) is 31.3 Å². The first-order chi connectivity index (χ1) is 13.6. The summed E-state index contributed by atoms with van der Waals surface area (Å²) in [5.74, 6) is -2.85. The van der Waals surface area contributed by atoms with Crippen molar-refractivity contribution in [3.05, 3.63) is 29.8 Å². The number of rotatable bonds is 7. The normalized spacial score (nSPS) is 19.2. The molecular formula is C18H24F2N2O5S2. The van der Waals surface area contributed by atoms with E-state index in [2.05, 4.69) is 0 Å². The Balaban J connectivity index is 1.49. The fraction of sp³-hybridized carbons (Fsp3) is 0.611. The second kappa shape index (κ2) is 8.65. The minimum Gasteiger partial charge on any atom is -0.340 e. The molecular weight excluding hydrogens is 426 g/mol. The zero-order chi connectivity index (χ0) is 21.2. The monoisotopic (exact) mass is 450 g/mol. The van der Waals surface area contributed by atoms with Crippen LogP contribution in [0.15, 0.2) is 23.1 Å². The third-order valence-electron chi connectivity index (χ3n) is 5.50. The average molecular weight is 451 g/mol. The van der Waals surface area contributed by atoms with Gasteiger partial charge in [-0.05, 0) is 25.0 Å². The summed E-state index contributed by atoms with van der Waals surface area (Å²) in [6.45, 7) is -0.135. The number of carbonyl (C=O) groups excluding carboxylic acids is 1. The SMILES string of the molecule is O=C(CCNS(=O)(=O)c1c(F)cccc1F)N1CC(S(=O)(=O)C2CCCCC2)C1. The summed E-state index contributed by atoms with van der Waals surface area (Å²) >= 11 is 0. The summed E-state index contributed by atoms with van der Waals surface area (Å²) in [6, 6.07) is 2.71. The molecule has 0 aromatic heterocycles. The van der Waals surface area contributed by atoms with Gasteiger partial charge in [-0.15, -0.1) is 0 Å². The molecule has 1 aliphatic heterocycles. The molecule has 1 saturated heterocycles. The van der Waals surface area contributed by atoms with Gasteiger partial charge in [0.05, 0.1) is 10.5 Å². The molecule has 1 saturated carbocycles. The predicted octanol–water partition coefficient (Wildman–Crippen LogP) is 1.59. The zero-order valence-corrected chi connectivity index (χ0v) is 17.4. The van der Waals surface area contributed by atoms with Crippen LogP contribution in [0, 0.1) is 11.6 Å². The number of sulfone groups is 1. The van der Waals surface area contributed by atoms with Gasteiger partial charge in [-0.1, -0.05) is 25.3 Å². The molecule has 1 N–H and O–H groups in total. The van der Waals surface area contributed by atoms with E-state index in [4.69, 9.17) is 0 Å². The summed E-state index contributed by atoms with van der Waals surface area (Å²) < 4.78 is 78.6. The minimum absolute atomic E-state index is 0.104. The molecule has 1 aromatic rings. The van der Waals surface area contributed by atoms with E-state index in [0.29, 0.717) is 12.8 Å². The lowest BCUT2D eigenvalue weighted by molar-refractivity contribution is -0.134. The number of carbonyl (C=O) groups is 1. The van der Waals surface area contributed by atoms with Crippen LogP contribution in [0.2, 0.25) is 0 Å². The standard InChI is InChI=1S/C18H24F2N2O5S2/c19-15-7-4-8-16(20)18(15)29(26,27)21-10-9-17(23)22-11-14(12-22)28(24,25)13-5-2-1-3-6-13/h4,7-8,13-14,21H,1-3,5-6,9-12H2. The van der Waals surface area contributed by atoms with Crippen molar-refractivity contribution in [3.63, 3.8) is 0 Å². The number of nitrogens with zero attached hydrogens (tertiary/aromatic N) is 1. The first kappa shape index (κ1) is 22.1. The molecule has 7 nitrogen and oxygen atoms in total. The van der Waals surface area contributed by atoms with E-state index in [1.165, 1.54) is 4.90 Å². The second-order valence-corrected chi connectivity index (χ2v) is 11.7. The van der Waals surface area contributed by atoms with Gasteiger partial charge < -0.3 is 4.90 Å².